The lowest BCUT2D eigenvalue weighted by molar-refractivity contribution is -0.384. The maximum atomic E-state index is 12.8. The maximum absolute atomic E-state index is 12.8. The fraction of sp³-hybridized carbons (Fsp3) is 0.316. The highest BCUT2D eigenvalue weighted by Gasteiger charge is 2.23. The minimum absolute atomic E-state index is 0.0566. The first-order valence-corrected chi connectivity index (χ1v) is 10.4. The number of nitro groups is 1. The number of benzene rings is 2. The molecule has 0 aliphatic carbocycles. The molecule has 0 aromatic heterocycles. The molecule has 0 radical (unpaired) electrons. The molecule has 2 aromatic rings. The van der Waals surface area contributed by atoms with Gasteiger partial charge in [-0.05, 0) is 24.3 Å². The van der Waals surface area contributed by atoms with E-state index in [9.17, 15) is 23.3 Å². The van der Waals surface area contributed by atoms with Crippen LogP contribution >= 0.6 is 0 Å². The molecule has 0 unspecified atom stereocenters. The van der Waals surface area contributed by atoms with Crippen LogP contribution in [0.3, 0.4) is 0 Å². The van der Waals surface area contributed by atoms with Crippen molar-refractivity contribution in [2.45, 2.75) is 18.7 Å². The van der Waals surface area contributed by atoms with Crippen LogP contribution in [0.5, 0.6) is 0 Å². The fourth-order valence-corrected chi connectivity index (χ4v) is 4.32. The number of sulfonamides is 1. The van der Waals surface area contributed by atoms with E-state index in [0.717, 1.165) is 0 Å². The van der Waals surface area contributed by atoms with Crippen molar-refractivity contribution < 1.29 is 18.1 Å². The topological polar surface area (TPSA) is 113 Å². The summed E-state index contributed by atoms with van der Waals surface area (Å²) in [5.41, 5.74) is 0.784. The zero-order valence-corrected chi connectivity index (χ0v) is 17.6. The fourth-order valence-electron chi connectivity index (χ4n) is 2.83. The zero-order chi connectivity index (χ0) is 21.8. The van der Waals surface area contributed by atoms with E-state index in [1.165, 1.54) is 40.7 Å². The number of nitrogens with zero attached hydrogens (tertiary/aromatic N) is 3. The number of amides is 1. The van der Waals surface area contributed by atoms with Crippen molar-refractivity contribution in [3.63, 3.8) is 0 Å². The molecule has 0 heterocycles. The van der Waals surface area contributed by atoms with Gasteiger partial charge in [0.1, 0.15) is 0 Å². The van der Waals surface area contributed by atoms with E-state index in [-0.39, 0.29) is 16.1 Å². The molecule has 0 bridgehead atoms. The molecule has 1 N–H and O–H groups in total. The van der Waals surface area contributed by atoms with Crippen molar-refractivity contribution in [2.24, 2.45) is 0 Å². The van der Waals surface area contributed by atoms with Gasteiger partial charge >= 0.3 is 0 Å². The van der Waals surface area contributed by atoms with Crippen LogP contribution in [-0.4, -0.2) is 50.7 Å². The summed E-state index contributed by atoms with van der Waals surface area (Å²) >= 11 is 0. The number of carbonyl (C=O) groups is 1. The summed E-state index contributed by atoms with van der Waals surface area (Å²) in [6.45, 7) is 4.15. The molecule has 10 heteroatoms. The van der Waals surface area contributed by atoms with Gasteiger partial charge in [0.15, 0.2) is 0 Å². The van der Waals surface area contributed by atoms with E-state index in [0.29, 0.717) is 24.5 Å². The van der Waals surface area contributed by atoms with Gasteiger partial charge < -0.3 is 10.2 Å². The lowest BCUT2D eigenvalue weighted by atomic mass is 10.1. The van der Waals surface area contributed by atoms with Crippen molar-refractivity contribution in [3.05, 3.63) is 58.1 Å². The number of non-ortho nitro benzene ring substituents is 1. The standard InChI is InChI=1S/C19H24N4O5S/c1-5-22(6-2)29(27,28)16-10-11-18(21(3)4)17(13-16)20-19(24)14-8-7-9-15(12-14)23(25)26/h7-13H,5-6H2,1-4H3,(H,20,24). The second-order valence-electron chi connectivity index (χ2n) is 6.42. The van der Waals surface area contributed by atoms with Crippen molar-refractivity contribution in [1.29, 1.82) is 0 Å². The summed E-state index contributed by atoms with van der Waals surface area (Å²) in [5, 5.41) is 13.6. The largest absolute Gasteiger partial charge is 0.376 e. The predicted molar refractivity (Wildman–Crippen MR) is 112 cm³/mol. The van der Waals surface area contributed by atoms with Gasteiger partial charge in [0.05, 0.1) is 21.2 Å². The lowest BCUT2D eigenvalue weighted by Gasteiger charge is -2.22. The summed E-state index contributed by atoms with van der Waals surface area (Å²) in [6, 6.07) is 9.83. The molecular weight excluding hydrogens is 396 g/mol. The highest BCUT2D eigenvalue weighted by Crippen LogP contribution is 2.29. The molecule has 0 saturated heterocycles. The molecular formula is C19H24N4O5S. The van der Waals surface area contributed by atoms with Crippen LogP contribution in [0.25, 0.3) is 0 Å². The number of anilines is 2. The van der Waals surface area contributed by atoms with E-state index in [1.807, 2.05) is 0 Å². The number of rotatable bonds is 8. The first-order chi connectivity index (χ1) is 13.6. The van der Waals surface area contributed by atoms with Crippen LogP contribution in [0, 0.1) is 10.1 Å². The molecule has 0 aliphatic heterocycles. The Morgan fingerprint density at radius 3 is 2.31 bits per heavy atom. The van der Waals surface area contributed by atoms with Crippen LogP contribution in [-0.2, 0) is 10.0 Å². The van der Waals surface area contributed by atoms with E-state index in [2.05, 4.69) is 5.32 Å². The Balaban J connectivity index is 2.46. The Labute approximate surface area is 170 Å². The zero-order valence-electron chi connectivity index (χ0n) is 16.7. The van der Waals surface area contributed by atoms with Gasteiger partial charge in [-0.3, -0.25) is 14.9 Å². The summed E-state index contributed by atoms with van der Waals surface area (Å²) in [6.07, 6.45) is 0. The first-order valence-electron chi connectivity index (χ1n) is 8.99. The van der Waals surface area contributed by atoms with Gasteiger partial charge in [-0.2, -0.15) is 4.31 Å². The third-order valence-corrected chi connectivity index (χ3v) is 6.41. The molecule has 0 saturated carbocycles. The number of carbonyl (C=O) groups excluding carboxylic acids is 1. The van der Waals surface area contributed by atoms with Crippen LogP contribution < -0.4 is 10.2 Å². The van der Waals surface area contributed by atoms with Crippen LogP contribution in [0.15, 0.2) is 47.4 Å². The molecule has 29 heavy (non-hydrogen) atoms. The molecule has 2 aromatic carbocycles. The summed E-state index contributed by atoms with van der Waals surface area (Å²) in [5.74, 6) is -0.575. The normalized spacial score (nSPS) is 11.3. The van der Waals surface area contributed by atoms with E-state index in [4.69, 9.17) is 0 Å². The second kappa shape index (κ2) is 9.01. The smallest absolute Gasteiger partial charge is 0.270 e. The number of hydrogen-bond donors (Lipinski definition) is 1. The Morgan fingerprint density at radius 2 is 1.76 bits per heavy atom. The highest BCUT2D eigenvalue weighted by atomic mass is 32.2. The van der Waals surface area contributed by atoms with Gasteiger partial charge in [-0.25, -0.2) is 8.42 Å². The van der Waals surface area contributed by atoms with E-state index >= 15 is 0 Å². The third kappa shape index (κ3) is 4.90. The Hall–Kier alpha value is -2.98. The van der Waals surface area contributed by atoms with Crippen LogP contribution in [0.1, 0.15) is 24.2 Å². The number of hydrogen-bond acceptors (Lipinski definition) is 6. The number of nitrogens with one attached hydrogen (secondary N) is 1. The van der Waals surface area contributed by atoms with Crippen LogP contribution in [0.2, 0.25) is 0 Å². The average Bonchev–Trinajstić information content (AvgIpc) is 2.68. The molecule has 0 spiro atoms. The van der Waals surface area contributed by atoms with Gasteiger partial charge in [-0.1, -0.05) is 19.9 Å². The molecule has 9 nitrogen and oxygen atoms in total. The Kier molecular flexibility index (Phi) is 6.93. The van der Waals surface area contributed by atoms with Crippen molar-refractivity contribution in [2.75, 3.05) is 37.4 Å². The van der Waals surface area contributed by atoms with Crippen molar-refractivity contribution >= 4 is 33.0 Å². The SMILES string of the molecule is CCN(CC)S(=O)(=O)c1ccc(N(C)C)c(NC(=O)c2cccc([N+](=O)[O-])c2)c1. The van der Waals surface area contributed by atoms with Crippen LogP contribution in [0.4, 0.5) is 17.1 Å². The monoisotopic (exact) mass is 420 g/mol. The minimum atomic E-state index is -3.71. The van der Waals surface area contributed by atoms with E-state index in [1.54, 1.807) is 38.9 Å². The number of nitro benzene ring substituents is 1. The molecule has 1 amide bonds. The molecule has 0 aliphatic rings. The highest BCUT2D eigenvalue weighted by molar-refractivity contribution is 7.89. The quantitative estimate of drug-likeness (QED) is 0.519. The summed E-state index contributed by atoms with van der Waals surface area (Å²) in [7, 11) is -0.189. The Morgan fingerprint density at radius 1 is 1.10 bits per heavy atom. The molecule has 156 valence electrons. The molecule has 2 rings (SSSR count). The van der Waals surface area contributed by atoms with Gasteiger partial charge in [0.2, 0.25) is 10.0 Å². The maximum Gasteiger partial charge on any atom is 0.270 e. The third-order valence-electron chi connectivity index (χ3n) is 4.36. The molecule has 0 atom stereocenters. The van der Waals surface area contributed by atoms with Gasteiger partial charge in [-0.15, -0.1) is 0 Å². The van der Waals surface area contributed by atoms with Crippen molar-refractivity contribution in [3.8, 4) is 0 Å². The lowest BCUT2D eigenvalue weighted by Crippen LogP contribution is -2.30. The van der Waals surface area contributed by atoms with Gasteiger partial charge in [0.25, 0.3) is 11.6 Å². The van der Waals surface area contributed by atoms with Crippen molar-refractivity contribution in [1.82, 2.24) is 4.31 Å². The predicted octanol–water partition coefficient (Wildman–Crippen LogP) is 2.94. The first kappa shape index (κ1) is 22.3. The van der Waals surface area contributed by atoms with Gasteiger partial charge in [0, 0.05) is 44.9 Å². The van der Waals surface area contributed by atoms with E-state index < -0.39 is 20.9 Å². The minimum Gasteiger partial charge on any atom is -0.376 e. The second-order valence-corrected chi connectivity index (χ2v) is 8.36. The molecule has 0 fully saturated rings. The average molecular weight is 420 g/mol. The summed E-state index contributed by atoms with van der Waals surface area (Å²) < 4.78 is 27.0. The Bertz CT molecular complexity index is 1020. The summed E-state index contributed by atoms with van der Waals surface area (Å²) in [4.78, 5) is 24.8.